The molecule has 0 radical (unpaired) electrons. The molecule has 1 aliphatic carbocycles. The topological polar surface area (TPSA) is 82.0 Å². The summed E-state index contributed by atoms with van der Waals surface area (Å²) in [6, 6.07) is 1.73. The molecule has 6 heteroatoms. The zero-order valence-electron chi connectivity index (χ0n) is 8.50. The molecule has 5 nitrogen and oxygen atoms in total. The smallest absolute Gasteiger partial charge is 0.310 e. The lowest BCUT2D eigenvalue weighted by molar-refractivity contribution is -0.139. The van der Waals surface area contributed by atoms with E-state index in [1.165, 1.54) is 0 Å². The maximum Gasteiger partial charge on any atom is 0.310 e. The monoisotopic (exact) mass is 227 g/mol. The Morgan fingerprint density at radius 2 is 2.00 bits per heavy atom. The van der Waals surface area contributed by atoms with Crippen molar-refractivity contribution in [2.24, 2.45) is 0 Å². The molecule has 0 aromatic rings. The van der Waals surface area contributed by atoms with Crippen molar-refractivity contribution in [3.63, 3.8) is 0 Å². The first kappa shape index (κ1) is 11.9. The van der Waals surface area contributed by atoms with Gasteiger partial charge in [-0.3, -0.25) is 9.59 Å². The Morgan fingerprint density at radius 3 is 2.47 bits per heavy atom. The first-order chi connectivity index (χ1) is 7.13. The van der Waals surface area contributed by atoms with Crippen molar-refractivity contribution in [3.05, 3.63) is 0 Å². The summed E-state index contributed by atoms with van der Waals surface area (Å²) < 4.78 is 0.144. The summed E-state index contributed by atoms with van der Waals surface area (Å²) in [6.07, 6.45) is 4.15. The van der Waals surface area contributed by atoms with Crippen LogP contribution < -0.4 is 10.6 Å². The van der Waals surface area contributed by atoms with Gasteiger partial charge in [-0.05, 0) is 19.1 Å². The average Bonchev–Trinajstić information content (AvgIpc) is 3.03. The van der Waals surface area contributed by atoms with E-state index in [1.807, 2.05) is 6.26 Å². The van der Waals surface area contributed by atoms with Crippen LogP contribution in [-0.2, 0) is 9.59 Å². The van der Waals surface area contributed by atoms with E-state index in [-0.39, 0.29) is 11.3 Å². The number of amides is 2. The molecule has 0 atom stereocenters. The Labute approximate surface area is 92.6 Å². The highest BCUT2D eigenvalue weighted by Crippen LogP contribution is 2.46. The van der Waals surface area contributed by atoms with Gasteiger partial charge in [0.05, 0.1) is 6.07 Å². The van der Waals surface area contributed by atoms with Gasteiger partial charge in [0.2, 0.25) is 0 Å². The van der Waals surface area contributed by atoms with Crippen molar-refractivity contribution in [2.75, 3.05) is 19.3 Å². The van der Waals surface area contributed by atoms with E-state index in [9.17, 15) is 9.59 Å². The number of carbonyl (C=O) groups is 2. The van der Waals surface area contributed by atoms with E-state index in [2.05, 4.69) is 10.6 Å². The fraction of sp³-hybridized carbons (Fsp3) is 0.667. The molecule has 2 N–H and O–H groups in total. The van der Waals surface area contributed by atoms with E-state index in [1.54, 1.807) is 17.8 Å². The number of thioether (sulfide) groups is 1. The number of nitrogens with zero attached hydrogens (tertiary/aromatic N) is 1. The zero-order chi connectivity index (χ0) is 11.3. The largest absolute Gasteiger partial charge is 0.346 e. The Balaban J connectivity index is 2.24. The van der Waals surface area contributed by atoms with Crippen molar-refractivity contribution in [1.82, 2.24) is 10.6 Å². The van der Waals surface area contributed by atoms with Crippen molar-refractivity contribution in [3.8, 4) is 6.07 Å². The van der Waals surface area contributed by atoms with E-state index in [0.717, 1.165) is 12.8 Å². The number of hydrogen-bond donors (Lipinski definition) is 2. The number of carbonyl (C=O) groups excluding carboxylic acids is 2. The number of nitriles is 1. The van der Waals surface area contributed by atoms with Crippen LogP contribution in [0.2, 0.25) is 0 Å². The maximum atomic E-state index is 11.2. The van der Waals surface area contributed by atoms with Crippen molar-refractivity contribution in [2.45, 2.75) is 17.6 Å². The fourth-order valence-corrected chi connectivity index (χ4v) is 1.84. The molecule has 0 bridgehead atoms. The molecule has 15 heavy (non-hydrogen) atoms. The second-order valence-electron chi connectivity index (χ2n) is 3.41. The highest BCUT2D eigenvalue weighted by atomic mass is 32.2. The van der Waals surface area contributed by atoms with Crippen LogP contribution in [-0.4, -0.2) is 35.9 Å². The Bertz CT molecular complexity index is 307. The Kier molecular flexibility index (Phi) is 3.97. The first-order valence-corrected chi connectivity index (χ1v) is 5.84. The number of nitrogens with one attached hydrogen (secondary N) is 2. The standard InChI is InChI=1S/C9H13N3O2S/c1-15-9(2-3-9)6-12-8(14)7(13)11-5-4-10/h2-3,5-6H2,1H3,(H,11,13)(H,12,14). The molecule has 1 aliphatic rings. The lowest BCUT2D eigenvalue weighted by atomic mass is 10.4. The van der Waals surface area contributed by atoms with Crippen LogP contribution in [0.1, 0.15) is 12.8 Å². The van der Waals surface area contributed by atoms with Crippen LogP contribution in [0.4, 0.5) is 0 Å². The first-order valence-electron chi connectivity index (χ1n) is 4.62. The van der Waals surface area contributed by atoms with Gasteiger partial charge in [-0.15, -0.1) is 0 Å². The van der Waals surface area contributed by atoms with Gasteiger partial charge in [-0.2, -0.15) is 17.0 Å². The molecule has 82 valence electrons. The second kappa shape index (κ2) is 5.03. The summed E-state index contributed by atoms with van der Waals surface area (Å²) >= 11 is 1.71. The van der Waals surface area contributed by atoms with Gasteiger partial charge in [-0.25, -0.2) is 0 Å². The Morgan fingerprint density at radius 1 is 1.40 bits per heavy atom. The molecular weight excluding hydrogens is 214 g/mol. The van der Waals surface area contributed by atoms with Crippen LogP contribution in [0.25, 0.3) is 0 Å². The molecule has 1 fully saturated rings. The summed E-state index contributed by atoms with van der Waals surface area (Å²) in [4.78, 5) is 22.2. The molecule has 0 heterocycles. The van der Waals surface area contributed by atoms with Crippen LogP contribution >= 0.6 is 11.8 Å². The summed E-state index contributed by atoms with van der Waals surface area (Å²) in [5.41, 5.74) is 0. The summed E-state index contributed by atoms with van der Waals surface area (Å²) in [7, 11) is 0. The molecule has 2 amide bonds. The third-order valence-electron chi connectivity index (χ3n) is 2.35. The normalized spacial score (nSPS) is 16.3. The van der Waals surface area contributed by atoms with Gasteiger partial charge >= 0.3 is 11.8 Å². The summed E-state index contributed by atoms with van der Waals surface area (Å²) in [6.45, 7) is 0.382. The van der Waals surface area contributed by atoms with E-state index in [0.29, 0.717) is 6.54 Å². The predicted octanol–water partition coefficient (Wildman–Crippen LogP) is -0.362. The van der Waals surface area contributed by atoms with Gasteiger partial charge in [-0.1, -0.05) is 0 Å². The van der Waals surface area contributed by atoms with Gasteiger partial charge in [0.1, 0.15) is 6.54 Å². The van der Waals surface area contributed by atoms with Crippen LogP contribution in [0.3, 0.4) is 0 Å². The van der Waals surface area contributed by atoms with Crippen molar-refractivity contribution < 1.29 is 9.59 Å². The molecule has 0 unspecified atom stereocenters. The van der Waals surface area contributed by atoms with Gasteiger partial charge in [0.15, 0.2) is 0 Å². The molecule has 0 spiro atoms. The van der Waals surface area contributed by atoms with E-state index in [4.69, 9.17) is 5.26 Å². The van der Waals surface area contributed by atoms with Crippen molar-refractivity contribution >= 4 is 23.6 Å². The van der Waals surface area contributed by atoms with E-state index >= 15 is 0 Å². The number of rotatable bonds is 4. The molecular formula is C9H13N3O2S. The molecule has 0 aromatic carbocycles. The highest BCUT2D eigenvalue weighted by Gasteiger charge is 2.42. The van der Waals surface area contributed by atoms with Crippen LogP contribution in [0, 0.1) is 11.3 Å². The molecule has 1 rings (SSSR count). The minimum Gasteiger partial charge on any atom is -0.346 e. The average molecular weight is 227 g/mol. The minimum atomic E-state index is -0.742. The summed E-state index contributed by atoms with van der Waals surface area (Å²) in [5.74, 6) is -1.40. The lowest BCUT2D eigenvalue weighted by Gasteiger charge is -2.12. The van der Waals surface area contributed by atoms with Crippen molar-refractivity contribution in [1.29, 1.82) is 5.26 Å². The maximum absolute atomic E-state index is 11.2. The third kappa shape index (κ3) is 3.44. The zero-order valence-corrected chi connectivity index (χ0v) is 9.32. The van der Waals surface area contributed by atoms with Gasteiger partial charge < -0.3 is 10.6 Å². The van der Waals surface area contributed by atoms with Gasteiger partial charge in [0, 0.05) is 11.3 Å². The molecule has 1 saturated carbocycles. The fourth-order valence-electron chi connectivity index (χ4n) is 1.11. The molecule has 0 aliphatic heterocycles. The second-order valence-corrected chi connectivity index (χ2v) is 4.68. The van der Waals surface area contributed by atoms with E-state index < -0.39 is 11.8 Å². The van der Waals surface area contributed by atoms with Gasteiger partial charge in [0.25, 0.3) is 0 Å². The highest BCUT2D eigenvalue weighted by molar-refractivity contribution is 8.00. The minimum absolute atomic E-state index is 0.139. The van der Waals surface area contributed by atoms with Crippen LogP contribution in [0.5, 0.6) is 0 Å². The molecule has 0 aromatic heterocycles. The predicted molar refractivity (Wildman–Crippen MR) is 57.1 cm³/mol. The lowest BCUT2D eigenvalue weighted by Crippen LogP contribution is -2.42. The SMILES string of the molecule is CSC1(CNC(=O)C(=O)NCC#N)CC1. The Hall–Kier alpha value is -1.22. The third-order valence-corrected chi connectivity index (χ3v) is 3.76. The number of hydrogen-bond acceptors (Lipinski definition) is 4. The molecule has 0 saturated heterocycles. The van der Waals surface area contributed by atoms with Crippen LogP contribution in [0.15, 0.2) is 0 Å². The quantitative estimate of drug-likeness (QED) is 0.507. The summed E-state index contributed by atoms with van der Waals surface area (Å²) in [5, 5.41) is 13.0.